The largest absolute Gasteiger partial charge is 0.507 e. The third-order valence-electron chi connectivity index (χ3n) is 14.6. The summed E-state index contributed by atoms with van der Waals surface area (Å²) in [7, 11) is 6.30. The number of phenols is 2. The number of carbonyl (C=O) groups excluding carboxylic acids is 6. The van der Waals surface area contributed by atoms with Crippen molar-refractivity contribution in [3.05, 3.63) is 162 Å². The first kappa shape index (κ1) is 52.0. The number of phenolic OH excluding ortho intramolecular Hbond substituents is 2. The van der Waals surface area contributed by atoms with Gasteiger partial charge in [0.2, 0.25) is 5.78 Å². The molecule has 1 saturated heterocycles. The average molecular weight is 1030 g/mol. The maximum atomic E-state index is 14.1. The zero-order chi connectivity index (χ0) is 53.9. The van der Waals surface area contributed by atoms with Gasteiger partial charge in [0.05, 0.1) is 70.3 Å². The number of benzene rings is 3. The molecule has 390 valence electrons. The van der Waals surface area contributed by atoms with Crippen molar-refractivity contribution in [2.45, 2.75) is 95.2 Å². The molecule has 1 fully saturated rings. The van der Waals surface area contributed by atoms with Crippen molar-refractivity contribution in [3.8, 4) is 17.2 Å². The number of ketones is 6. The summed E-state index contributed by atoms with van der Waals surface area (Å²) in [6, 6.07) is 15.6. The molecule has 1 aliphatic heterocycles. The van der Waals surface area contributed by atoms with Gasteiger partial charge >= 0.3 is 0 Å². The standard InChI is InChI=1S/C55H55N5O15/c1-27-50(65)36(20-45(74-27)75-44-22-55(70,28(2)61)21-35-47(44)54(69)49-48(52(35)67)51(66)34-8-7-9-43(73-6)46(34)53(49)68)56-23-30-12-10-29(11-13-30)16-40(62)37-14-31(24-57(37)3)17-41(63)38-15-32(25-58(38)4)18-42(64)39-19-33(60(71)72)26-59(39)5/h7-15,19,24-27,36,44-45,50,56,65,67,69-70H,16-18,20-23H2,1-6H3/t27?,36?,44-,45?,50?,55-/m1/s1. The fraction of sp³-hybridized carbons (Fsp3) is 0.345. The molecule has 3 aromatic carbocycles. The molecule has 0 bridgehead atoms. The van der Waals surface area contributed by atoms with Crippen molar-refractivity contribution in [1.29, 1.82) is 0 Å². The summed E-state index contributed by atoms with van der Waals surface area (Å²) in [6.07, 6.45) is -0.403. The molecule has 0 radical (unpaired) electrons. The Labute approximate surface area is 429 Å². The molecule has 6 atom stereocenters. The Morgan fingerprint density at radius 1 is 0.800 bits per heavy atom. The van der Waals surface area contributed by atoms with Crippen LogP contribution in [0.4, 0.5) is 5.69 Å². The molecule has 2 aliphatic carbocycles. The Bertz CT molecular complexity index is 3360. The van der Waals surface area contributed by atoms with Gasteiger partial charge in [0.25, 0.3) is 5.69 Å². The smallest absolute Gasteiger partial charge is 0.287 e. The average Bonchev–Trinajstić information content (AvgIpc) is 4.07. The Hall–Kier alpha value is -7.88. The molecule has 20 nitrogen and oxygen atoms in total. The molecule has 75 heavy (non-hydrogen) atoms. The number of methoxy groups -OCH3 is 1. The number of aliphatic hydroxyl groups excluding tert-OH is 1. The molecule has 3 aliphatic rings. The first-order valence-electron chi connectivity index (χ1n) is 24.2. The SMILES string of the molecule is COc1cccc2c1C(=O)c1c(O)c3c(c(O)c1C2=O)C[C@](O)(C(C)=O)C[C@H]3OC1CC(NCc2ccc(CC(=O)c3cc(CC(=O)c4cc(CC(=O)c5cc([N+](=O)[O-])cn5C)cn4C)cn3C)cc2)C(O)C(C)O1. The van der Waals surface area contributed by atoms with Gasteiger partial charge in [-0.3, -0.25) is 38.9 Å². The molecule has 20 heteroatoms. The van der Waals surface area contributed by atoms with Crippen molar-refractivity contribution >= 4 is 40.4 Å². The van der Waals surface area contributed by atoms with E-state index in [-0.39, 0.29) is 89.0 Å². The van der Waals surface area contributed by atoms with E-state index in [1.807, 2.05) is 24.3 Å². The Kier molecular flexibility index (Phi) is 13.9. The summed E-state index contributed by atoms with van der Waals surface area (Å²) >= 11 is 0. The molecule has 5 N–H and O–H groups in total. The topological polar surface area (TPSA) is 281 Å². The Morgan fingerprint density at radius 3 is 1.93 bits per heavy atom. The minimum Gasteiger partial charge on any atom is -0.507 e. The van der Waals surface area contributed by atoms with E-state index in [0.717, 1.165) is 11.1 Å². The number of nitro groups is 1. The second-order valence-electron chi connectivity index (χ2n) is 19.7. The van der Waals surface area contributed by atoms with E-state index in [4.69, 9.17) is 14.2 Å². The first-order valence-corrected chi connectivity index (χ1v) is 24.2. The molecule has 0 amide bonds. The van der Waals surface area contributed by atoms with Crippen LogP contribution in [-0.2, 0) is 67.6 Å². The second kappa shape index (κ2) is 20.1. The number of hydrogen-bond donors (Lipinski definition) is 5. The second-order valence-corrected chi connectivity index (χ2v) is 19.7. The van der Waals surface area contributed by atoms with Crippen molar-refractivity contribution in [1.82, 2.24) is 19.0 Å². The maximum Gasteiger partial charge on any atom is 0.287 e. The van der Waals surface area contributed by atoms with Crippen LogP contribution in [0.3, 0.4) is 0 Å². The summed E-state index contributed by atoms with van der Waals surface area (Å²) in [5.74, 6) is -4.16. The molecule has 3 aromatic heterocycles. The highest BCUT2D eigenvalue weighted by Gasteiger charge is 2.49. The lowest BCUT2D eigenvalue weighted by molar-refractivity contribution is -0.384. The zero-order valence-electron chi connectivity index (χ0n) is 41.9. The van der Waals surface area contributed by atoms with Crippen LogP contribution in [0.2, 0.25) is 0 Å². The number of ether oxygens (including phenoxy) is 3. The zero-order valence-corrected chi connectivity index (χ0v) is 41.9. The van der Waals surface area contributed by atoms with Crippen molar-refractivity contribution in [2.75, 3.05) is 7.11 Å². The monoisotopic (exact) mass is 1030 g/mol. The number of aromatic hydroxyl groups is 2. The first-order chi connectivity index (χ1) is 35.6. The van der Waals surface area contributed by atoms with Gasteiger partial charge in [-0.15, -0.1) is 0 Å². The third-order valence-corrected chi connectivity index (χ3v) is 14.6. The fourth-order valence-corrected chi connectivity index (χ4v) is 10.6. The Morgan fingerprint density at radius 2 is 1.36 bits per heavy atom. The third kappa shape index (κ3) is 9.73. The minimum atomic E-state index is -2.10. The molecule has 0 saturated carbocycles. The molecular formula is C55H55N5O15. The predicted molar refractivity (Wildman–Crippen MR) is 266 cm³/mol. The number of Topliss-reactive ketones (excluding diaryl/α,β-unsaturated/α-hetero) is 4. The van der Waals surface area contributed by atoms with E-state index >= 15 is 0 Å². The number of aliphatic hydroxyl groups is 2. The number of rotatable bonds is 17. The van der Waals surface area contributed by atoms with E-state index < -0.39 is 94.0 Å². The number of fused-ring (bicyclic) bond motifs is 3. The van der Waals surface area contributed by atoms with E-state index in [1.54, 1.807) is 61.7 Å². The number of nitrogens with one attached hydrogen (secondary N) is 1. The number of hydrogen-bond acceptors (Lipinski definition) is 16. The van der Waals surface area contributed by atoms with Crippen LogP contribution in [0.15, 0.2) is 79.3 Å². The summed E-state index contributed by atoms with van der Waals surface area (Å²) in [6.45, 7) is 3.09. The van der Waals surface area contributed by atoms with Gasteiger partial charge < -0.3 is 53.7 Å². The van der Waals surface area contributed by atoms with Gasteiger partial charge in [-0.2, -0.15) is 0 Å². The van der Waals surface area contributed by atoms with Gasteiger partial charge in [-0.05, 0) is 54.3 Å². The molecule has 0 spiro atoms. The highest BCUT2D eigenvalue weighted by atomic mass is 16.7. The maximum absolute atomic E-state index is 14.1. The lowest BCUT2D eigenvalue weighted by Crippen LogP contribution is -2.54. The highest BCUT2D eigenvalue weighted by molar-refractivity contribution is 6.31. The van der Waals surface area contributed by atoms with Crippen LogP contribution in [-0.4, -0.2) is 111 Å². The van der Waals surface area contributed by atoms with E-state index in [1.165, 1.54) is 49.1 Å². The molecule has 6 aromatic rings. The van der Waals surface area contributed by atoms with Gasteiger partial charge in [0, 0.05) is 107 Å². The Balaban J connectivity index is 0.835. The fourth-order valence-electron chi connectivity index (χ4n) is 10.6. The summed E-state index contributed by atoms with van der Waals surface area (Å²) in [5, 5.41) is 61.0. The van der Waals surface area contributed by atoms with Gasteiger partial charge in [0.1, 0.15) is 22.8 Å². The number of nitrogens with zero attached hydrogens (tertiary/aromatic N) is 4. The molecule has 4 heterocycles. The van der Waals surface area contributed by atoms with Crippen LogP contribution in [0.25, 0.3) is 0 Å². The lowest BCUT2D eigenvalue weighted by Gasteiger charge is -2.43. The van der Waals surface area contributed by atoms with Gasteiger partial charge in [-0.25, -0.2) is 0 Å². The molecule has 4 unspecified atom stereocenters. The number of carbonyl (C=O) groups is 6. The summed E-state index contributed by atoms with van der Waals surface area (Å²) in [5.41, 5.74) is 0.117. The lowest BCUT2D eigenvalue weighted by atomic mass is 9.72. The minimum absolute atomic E-state index is 0.00344. The van der Waals surface area contributed by atoms with E-state index in [9.17, 15) is 59.3 Å². The van der Waals surface area contributed by atoms with E-state index in [2.05, 4.69) is 5.32 Å². The van der Waals surface area contributed by atoms with Crippen LogP contribution in [0, 0.1) is 10.1 Å². The highest BCUT2D eigenvalue weighted by Crippen LogP contribution is 2.52. The predicted octanol–water partition coefficient (Wildman–Crippen LogP) is 5.06. The normalized spacial score (nSPS) is 21.0. The van der Waals surface area contributed by atoms with Crippen LogP contribution < -0.4 is 10.1 Å². The van der Waals surface area contributed by atoms with E-state index in [0.29, 0.717) is 22.5 Å². The van der Waals surface area contributed by atoms with Crippen molar-refractivity contribution in [2.24, 2.45) is 21.1 Å². The number of aromatic nitrogens is 3. The van der Waals surface area contributed by atoms with Crippen molar-refractivity contribution in [3.63, 3.8) is 0 Å². The quantitative estimate of drug-likeness (QED) is 0.0345. The van der Waals surface area contributed by atoms with Gasteiger partial charge in [-0.1, -0.05) is 36.4 Å². The molecular weight excluding hydrogens is 971 g/mol. The summed E-state index contributed by atoms with van der Waals surface area (Å²) in [4.78, 5) is 91.6. The van der Waals surface area contributed by atoms with Crippen LogP contribution >= 0.6 is 0 Å². The number of aryl methyl sites for hydroxylation is 3. The molecule has 9 rings (SSSR count). The summed E-state index contributed by atoms with van der Waals surface area (Å²) < 4.78 is 22.6. The van der Waals surface area contributed by atoms with Crippen molar-refractivity contribution < 1.29 is 68.3 Å². The van der Waals surface area contributed by atoms with Crippen LogP contribution in [0.5, 0.6) is 17.2 Å². The van der Waals surface area contributed by atoms with Crippen LogP contribution in [0.1, 0.15) is 129 Å². The van der Waals surface area contributed by atoms with Gasteiger partial charge in [0.15, 0.2) is 35.2 Å².